The lowest BCUT2D eigenvalue weighted by Gasteiger charge is -2.10. The number of rotatable bonds is 6. The maximum absolute atomic E-state index is 13.9. The quantitative estimate of drug-likeness (QED) is 0.141. The predicted molar refractivity (Wildman–Crippen MR) is 117 cm³/mol. The topological polar surface area (TPSA) is 166 Å². The zero-order chi connectivity index (χ0) is 25.0. The van der Waals surface area contributed by atoms with Gasteiger partial charge in [-0.25, -0.2) is 14.4 Å². The lowest BCUT2D eigenvalue weighted by atomic mass is 9.95. The average Bonchev–Trinajstić information content (AvgIpc) is 3.20. The van der Waals surface area contributed by atoms with Crippen molar-refractivity contribution in [2.75, 3.05) is 0 Å². The standard InChI is InChI=1S/C21H17F4N9/c1-10(15(34-29)9-30-14-5-3-2-4-13(14)22)17-12(6-26)16(18(33-17)19(27)28)11-7-31-20(32-8-11)21(23,24)25/h2-5,7-10,33H,29H2,1H3,(H3,27,28). The molecule has 0 aliphatic heterocycles. The van der Waals surface area contributed by atoms with Gasteiger partial charge in [0.05, 0.1) is 28.9 Å². The monoisotopic (exact) mass is 471 g/mol. The van der Waals surface area contributed by atoms with Crippen LogP contribution >= 0.6 is 0 Å². The Hall–Kier alpha value is -4.60. The van der Waals surface area contributed by atoms with Crippen molar-refractivity contribution in [3.05, 3.63) is 65.3 Å². The Morgan fingerprint density at radius 1 is 1.26 bits per heavy atom. The molecule has 0 amide bonds. The van der Waals surface area contributed by atoms with Gasteiger partial charge >= 0.3 is 6.18 Å². The van der Waals surface area contributed by atoms with Crippen LogP contribution in [0.15, 0.2) is 46.8 Å². The van der Waals surface area contributed by atoms with Crippen molar-refractivity contribution in [3.8, 4) is 17.2 Å². The number of nitriles is 1. The van der Waals surface area contributed by atoms with Crippen LogP contribution in [0.25, 0.3) is 11.1 Å². The Balaban J connectivity index is 2.08. The fourth-order valence-corrected chi connectivity index (χ4v) is 3.15. The number of nitrogens with one attached hydrogen (secondary N) is 2. The molecule has 0 saturated carbocycles. The molecule has 1 aromatic carbocycles. The zero-order valence-electron chi connectivity index (χ0n) is 17.5. The van der Waals surface area contributed by atoms with Gasteiger partial charge in [-0.1, -0.05) is 19.1 Å². The third-order valence-corrected chi connectivity index (χ3v) is 4.82. The lowest BCUT2D eigenvalue weighted by Crippen LogP contribution is -2.16. The Bertz CT molecular complexity index is 1320. The molecule has 0 aliphatic carbocycles. The average molecular weight is 471 g/mol. The van der Waals surface area contributed by atoms with Crippen molar-refractivity contribution < 1.29 is 17.6 Å². The van der Waals surface area contributed by atoms with Crippen molar-refractivity contribution in [3.63, 3.8) is 0 Å². The number of nitrogen functional groups attached to an aromatic ring is 1. The van der Waals surface area contributed by atoms with E-state index >= 15 is 0 Å². The summed E-state index contributed by atoms with van der Waals surface area (Å²) in [6.07, 6.45) is -1.75. The molecule has 0 saturated heterocycles. The van der Waals surface area contributed by atoms with Gasteiger partial charge in [0.25, 0.3) is 0 Å². The van der Waals surface area contributed by atoms with E-state index in [0.717, 1.165) is 12.4 Å². The molecule has 3 aromatic rings. The summed E-state index contributed by atoms with van der Waals surface area (Å²) < 4.78 is 52.4. The van der Waals surface area contributed by atoms with Crippen LogP contribution in [0, 0.1) is 22.6 Å². The summed E-state index contributed by atoms with van der Waals surface area (Å²) in [4.78, 5) is 13.5. The van der Waals surface area contributed by atoms with Gasteiger partial charge in [-0.05, 0) is 12.1 Å². The van der Waals surface area contributed by atoms with E-state index in [9.17, 15) is 22.8 Å². The summed E-state index contributed by atoms with van der Waals surface area (Å²) in [6.45, 7) is 1.61. The Morgan fingerprint density at radius 3 is 2.44 bits per heavy atom. The van der Waals surface area contributed by atoms with Crippen molar-refractivity contribution in [1.82, 2.24) is 15.0 Å². The number of alkyl halides is 3. The van der Waals surface area contributed by atoms with Crippen LogP contribution in [-0.2, 0) is 6.18 Å². The predicted octanol–water partition coefficient (Wildman–Crippen LogP) is 3.61. The normalized spacial score (nSPS) is 13.1. The minimum Gasteiger partial charge on any atom is -0.382 e. The molecule has 0 aliphatic rings. The zero-order valence-corrected chi connectivity index (χ0v) is 17.5. The minimum absolute atomic E-state index is 0.0239. The Kier molecular flexibility index (Phi) is 6.71. The van der Waals surface area contributed by atoms with E-state index in [4.69, 9.17) is 17.0 Å². The number of H-pyrrole nitrogens is 1. The number of amidine groups is 1. The van der Waals surface area contributed by atoms with Crippen LogP contribution < -0.4 is 11.6 Å². The largest absolute Gasteiger partial charge is 0.451 e. The number of para-hydroxylation sites is 1. The van der Waals surface area contributed by atoms with Crippen LogP contribution in [0.1, 0.15) is 35.6 Å². The van der Waals surface area contributed by atoms with Gasteiger partial charge in [-0.2, -0.15) is 23.5 Å². The maximum atomic E-state index is 13.9. The SMILES string of the molecule is CC(C(C=Nc1ccccc1F)=NN)c1[nH]c(C(=N)N)c(-c2cnc(C(F)(F)F)nc2)c1C#N. The van der Waals surface area contributed by atoms with E-state index in [-0.39, 0.29) is 39.5 Å². The number of hydrogen-bond acceptors (Lipinski definition) is 7. The fourth-order valence-electron chi connectivity index (χ4n) is 3.15. The molecule has 6 N–H and O–H groups in total. The third-order valence-electron chi connectivity index (χ3n) is 4.82. The summed E-state index contributed by atoms with van der Waals surface area (Å²) in [5, 5.41) is 21.3. The number of hydrogen-bond donors (Lipinski definition) is 4. The summed E-state index contributed by atoms with van der Waals surface area (Å²) in [5.41, 5.74) is 6.08. The highest BCUT2D eigenvalue weighted by molar-refractivity contribution is 6.33. The van der Waals surface area contributed by atoms with Crippen LogP contribution in [0.3, 0.4) is 0 Å². The second-order valence-corrected chi connectivity index (χ2v) is 6.97. The van der Waals surface area contributed by atoms with E-state index < -0.39 is 29.6 Å². The van der Waals surface area contributed by atoms with Gasteiger partial charge in [0, 0.05) is 35.1 Å². The molecule has 1 unspecified atom stereocenters. The van der Waals surface area contributed by atoms with Gasteiger partial charge in [-0.3, -0.25) is 10.4 Å². The minimum atomic E-state index is -4.75. The van der Waals surface area contributed by atoms with Gasteiger partial charge in [-0.15, -0.1) is 0 Å². The Morgan fingerprint density at radius 2 is 1.91 bits per heavy atom. The molecule has 0 spiro atoms. The number of benzene rings is 1. The number of halogens is 4. The van der Waals surface area contributed by atoms with Crippen molar-refractivity contribution in [2.24, 2.45) is 21.7 Å². The van der Waals surface area contributed by atoms with Gasteiger partial charge in [0.15, 0.2) is 0 Å². The number of aromatic amines is 1. The van der Waals surface area contributed by atoms with Crippen LogP contribution in [0.5, 0.6) is 0 Å². The molecule has 0 fully saturated rings. The molecule has 3 rings (SSSR count). The highest BCUT2D eigenvalue weighted by Gasteiger charge is 2.35. The first-order valence-electron chi connectivity index (χ1n) is 9.54. The van der Waals surface area contributed by atoms with E-state index in [1.54, 1.807) is 13.0 Å². The number of nitrogens with two attached hydrogens (primary N) is 2. The van der Waals surface area contributed by atoms with E-state index in [1.165, 1.54) is 24.4 Å². The smallest absolute Gasteiger partial charge is 0.382 e. The molecule has 0 radical (unpaired) electrons. The van der Waals surface area contributed by atoms with Gasteiger partial charge < -0.3 is 16.6 Å². The molecular weight excluding hydrogens is 454 g/mol. The van der Waals surface area contributed by atoms with Crippen molar-refractivity contribution in [2.45, 2.75) is 19.0 Å². The molecule has 2 aromatic heterocycles. The van der Waals surface area contributed by atoms with E-state index in [0.29, 0.717) is 0 Å². The van der Waals surface area contributed by atoms with Crippen LogP contribution in [-0.4, -0.2) is 32.7 Å². The molecule has 2 heterocycles. The second kappa shape index (κ2) is 9.49. The fraction of sp³-hybridized carbons (Fsp3) is 0.143. The molecule has 1 atom stereocenters. The molecule has 13 heteroatoms. The van der Waals surface area contributed by atoms with Gasteiger partial charge in [0.2, 0.25) is 5.82 Å². The van der Waals surface area contributed by atoms with Gasteiger partial charge in [0.1, 0.15) is 17.7 Å². The number of aliphatic imine (C=N–C) groups is 1. The first-order valence-corrected chi connectivity index (χ1v) is 9.54. The summed E-state index contributed by atoms with van der Waals surface area (Å²) >= 11 is 0. The molecular formula is C21H17F4N9. The summed E-state index contributed by atoms with van der Waals surface area (Å²) in [5.74, 6) is 2.37. The second-order valence-electron chi connectivity index (χ2n) is 6.97. The van der Waals surface area contributed by atoms with Crippen LogP contribution in [0.4, 0.5) is 23.2 Å². The molecule has 34 heavy (non-hydrogen) atoms. The van der Waals surface area contributed by atoms with Crippen LogP contribution in [0.2, 0.25) is 0 Å². The molecule has 0 bridgehead atoms. The van der Waals surface area contributed by atoms with E-state index in [2.05, 4.69) is 25.0 Å². The van der Waals surface area contributed by atoms with Crippen molar-refractivity contribution in [1.29, 1.82) is 10.7 Å². The first kappa shape index (κ1) is 24.1. The number of nitrogens with zero attached hydrogens (tertiary/aromatic N) is 5. The van der Waals surface area contributed by atoms with Crippen molar-refractivity contribution >= 4 is 23.4 Å². The first-order chi connectivity index (χ1) is 16.1. The number of aromatic nitrogens is 3. The molecule has 174 valence electrons. The summed E-state index contributed by atoms with van der Waals surface area (Å²) in [7, 11) is 0. The highest BCUT2D eigenvalue weighted by Crippen LogP contribution is 2.34. The molecule has 9 nitrogen and oxygen atoms in total. The highest BCUT2D eigenvalue weighted by atomic mass is 19.4. The third kappa shape index (κ3) is 4.75. The lowest BCUT2D eigenvalue weighted by molar-refractivity contribution is -0.144. The number of hydrazone groups is 1. The maximum Gasteiger partial charge on any atom is 0.451 e. The summed E-state index contributed by atoms with van der Waals surface area (Å²) in [6, 6.07) is 7.73. The van der Waals surface area contributed by atoms with E-state index in [1.807, 2.05) is 6.07 Å². The Labute approximate surface area is 190 Å².